The number of aryl methyl sites for hydroxylation is 2. The van der Waals surface area contributed by atoms with Crippen LogP contribution in [-0.4, -0.2) is 5.91 Å². The van der Waals surface area contributed by atoms with Gasteiger partial charge in [-0.2, -0.15) is 0 Å². The van der Waals surface area contributed by atoms with Crippen molar-refractivity contribution >= 4 is 27.5 Å². The Hall–Kier alpha value is -1.68. The van der Waals surface area contributed by atoms with E-state index in [1.54, 1.807) is 19.1 Å². The van der Waals surface area contributed by atoms with Gasteiger partial charge in [-0.15, -0.1) is 0 Å². The number of nitrogens with one attached hydrogen (secondary N) is 1. The average Bonchev–Trinajstić information content (AvgIpc) is 2.30. The van der Waals surface area contributed by atoms with Gasteiger partial charge in [0.2, 0.25) is 0 Å². The molecule has 0 saturated heterocycles. The first-order valence-corrected chi connectivity index (χ1v) is 6.60. The van der Waals surface area contributed by atoms with E-state index in [1.165, 1.54) is 12.1 Å². The van der Waals surface area contributed by atoms with Gasteiger partial charge in [-0.1, -0.05) is 22.0 Å². The Morgan fingerprint density at radius 1 is 1.16 bits per heavy atom. The lowest BCUT2D eigenvalue weighted by molar-refractivity contribution is 0.102. The summed E-state index contributed by atoms with van der Waals surface area (Å²) in [6.45, 7) is 3.72. The quantitative estimate of drug-likeness (QED) is 0.869. The molecule has 1 N–H and O–H groups in total. The zero-order valence-electron chi connectivity index (χ0n) is 10.6. The molecule has 98 valence electrons. The summed E-state index contributed by atoms with van der Waals surface area (Å²) in [5, 5.41) is 2.77. The summed E-state index contributed by atoms with van der Waals surface area (Å²) in [6, 6.07) is 9.79. The Morgan fingerprint density at radius 3 is 2.58 bits per heavy atom. The van der Waals surface area contributed by atoms with Crippen molar-refractivity contribution in [3.05, 3.63) is 63.4 Å². The Balaban J connectivity index is 2.28. The Bertz CT molecular complexity index is 620. The maximum absolute atomic E-state index is 13.2. The molecule has 0 aromatic heterocycles. The number of benzene rings is 2. The molecule has 2 aromatic carbocycles. The zero-order chi connectivity index (χ0) is 14.0. The lowest BCUT2D eigenvalue weighted by Crippen LogP contribution is -2.13. The maximum atomic E-state index is 13.2. The van der Waals surface area contributed by atoms with Crippen LogP contribution in [0.3, 0.4) is 0 Å². The van der Waals surface area contributed by atoms with Crippen molar-refractivity contribution in [2.45, 2.75) is 13.8 Å². The van der Waals surface area contributed by atoms with E-state index < -0.39 is 5.82 Å². The van der Waals surface area contributed by atoms with Crippen LogP contribution in [0, 0.1) is 19.7 Å². The minimum absolute atomic E-state index is 0.311. The van der Waals surface area contributed by atoms with Crippen LogP contribution in [0.2, 0.25) is 0 Å². The minimum atomic E-state index is -0.416. The second-order valence-corrected chi connectivity index (χ2v) is 5.35. The molecule has 19 heavy (non-hydrogen) atoms. The van der Waals surface area contributed by atoms with Gasteiger partial charge in [-0.25, -0.2) is 4.39 Å². The number of halogens is 2. The van der Waals surface area contributed by atoms with Gasteiger partial charge < -0.3 is 5.32 Å². The number of rotatable bonds is 2. The predicted molar refractivity (Wildman–Crippen MR) is 78.0 cm³/mol. The molecule has 0 bridgehead atoms. The summed E-state index contributed by atoms with van der Waals surface area (Å²) >= 11 is 3.37. The molecule has 2 aromatic rings. The first kappa shape index (κ1) is 13.7. The molecule has 1 amide bonds. The molecule has 0 aliphatic rings. The van der Waals surface area contributed by atoms with Gasteiger partial charge in [-0.05, 0) is 55.3 Å². The molecule has 0 atom stereocenters. The van der Waals surface area contributed by atoms with Crippen molar-refractivity contribution in [1.29, 1.82) is 0 Å². The summed E-state index contributed by atoms with van der Waals surface area (Å²) in [6.07, 6.45) is 0. The van der Waals surface area contributed by atoms with Crippen LogP contribution in [0.4, 0.5) is 10.1 Å². The van der Waals surface area contributed by atoms with E-state index in [4.69, 9.17) is 0 Å². The van der Waals surface area contributed by atoms with Crippen LogP contribution in [0.5, 0.6) is 0 Å². The highest BCUT2D eigenvalue weighted by Gasteiger charge is 2.10. The molecule has 0 heterocycles. The van der Waals surface area contributed by atoms with E-state index >= 15 is 0 Å². The second-order valence-electron chi connectivity index (χ2n) is 4.43. The molecule has 0 radical (unpaired) electrons. The molecule has 0 fully saturated rings. The molecule has 4 heteroatoms. The molecular weight excluding hydrogens is 309 g/mol. The van der Waals surface area contributed by atoms with Crippen molar-refractivity contribution in [3.63, 3.8) is 0 Å². The first-order valence-electron chi connectivity index (χ1n) is 5.80. The van der Waals surface area contributed by atoms with Crippen molar-refractivity contribution in [2.75, 3.05) is 5.32 Å². The fraction of sp³-hybridized carbons (Fsp3) is 0.133. The lowest BCUT2D eigenvalue weighted by Gasteiger charge is -2.09. The number of carbonyl (C=O) groups is 1. The van der Waals surface area contributed by atoms with E-state index in [0.717, 1.165) is 15.6 Å². The highest BCUT2D eigenvalue weighted by Crippen LogP contribution is 2.20. The van der Waals surface area contributed by atoms with E-state index in [1.807, 2.05) is 19.1 Å². The molecule has 0 aliphatic heterocycles. The normalized spacial score (nSPS) is 10.3. The fourth-order valence-electron chi connectivity index (χ4n) is 1.85. The van der Waals surface area contributed by atoms with Crippen molar-refractivity contribution < 1.29 is 9.18 Å². The highest BCUT2D eigenvalue weighted by molar-refractivity contribution is 9.10. The van der Waals surface area contributed by atoms with Crippen LogP contribution in [0.15, 0.2) is 40.9 Å². The topological polar surface area (TPSA) is 29.1 Å². The third-order valence-corrected chi connectivity index (χ3v) is 3.20. The van der Waals surface area contributed by atoms with Crippen molar-refractivity contribution in [1.82, 2.24) is 0 Å². The standard InChI is InChI=1S/C15H13BrFNO/c1-9-5-11(16)7-13(6-9)18-15(19)14-8-12(17)4-3-10(14)2/h3-8H,1-2H3,(H,18,19). The average molecular weight is 322 g/mol. The van der Waals surface area contributed by atoms with Crippen LogP contribution in [0.25, 0.3) is 0 Å². The molecule has 0 saturated carbocycles. The van der Waals surface area contributed by atoms with Gasteiger partial charge in [0.25, 0.3) is 5.91 Å². The lowest BCUT2D eigenvalue weighted by atomic mass is 10.1. The second kappa shape index (κ2) is 5.53. The molecule has 0 unspecified atom stereocenters. The van der Waals surface area contributed by atoms with E-state index in [0.29, 0.717) is 11.3 Å². The smallest absolute Gasteiger partial charge is 0.256 e. The van der Waals surface area contributed by atoms with E-state index in [9.17, 15) is 9.18 Å². The Kier molecular flexibility index (Phi) is 4.00. The summed E-state index contributed by atoms with van der Waals surface area (Å²) in [5.74, 6) is -0.726. The minimum Gasteiger partial charge on any atom is -0.322 e. The van der Waals surface area contributed by atoms with Crippen LogP contribution >= 0.6 is 15.9 Å². The van der Waals surface area contributed by atoms with Gasteiger partial charge in [0.05, 0.1) is 0 Å². The fourth-order valence-corrected chi connectivity index (χ4v) is 2.45. The van der Waals surface area contributed by atoms with Crippen LogP contribution in [-0.2, 0) is 0 Å². The van der Waals surface area contributed by atoms with Crippen LogP contribution in [0.1, 0.15) is 21.5 Å². The molecule has 0 aliphatic carbocycles. The number of amides is 1. The summed E-state index contributed by atoms with van der Waals surface area (Å²) in [7, 11) is 0. The third kappa shape index (κ3) is 3.41. The predicted octanol–water partition coefficient (Wildman–Crippen LogP) is 4.46. The Labute approximate surface area is 119 Å². The van der Waals surface area contributed by atoms with Gasteiger partial charge in [0.1, 0.15) is 5.82 Å². The van der Waals surface area contributed by atoms with Gasteiger partial charge in [-0.3, -0.25) is 4.79 Å². The van der Waals surface area contributed by atoms with Crippen molar-refractivity contribution in [3.8, 4) is 0 Å². The summed E-state index contributed by atoms with van der Waals surface area (Å²) in [5.41, 5.74) is 2.80. The maximum Gasteiger partial charge on any atom is 0.256 e. The third-order valence-electron chi connectivity index (χ3n) is 2.74. The number of hydrogen-bond acceptors (Lipinski definition) is 1. The van der Waals surface area contributed by atoms with E-state index in [2.05, 4.69) is 21.2 Å². The number of anilines is 1. The largest absolute Gasteiger partial charge is 0.322 e. The highest BCUT2D eigenvalue weighted by atomic mass is 79.9. The van der Waals surface area contributed by atoms with E-state index in [-0.39, 0.29) is 5.91 Å². The first-order chi connectivity index (χ1) is 8.95. The van der Waals surface area contributed by atoms with Gasteiger partial charge >= 0.3 is 0 Å². The van der Waals surface area contributed by atoms with Gasteiger partial charge in [0.15, 0.2) is 0 Å². The summed E-state index contributed by atoms with van der Waals surface area (Å²) in [4.78, 5) is 12.1. The molecular formula is C15H13BrFNO. The van der Waals surface area contributed by atoms with Crippen LogP contribution < -0.4 is 5.32 Å². The summed E-state index contributed by atoms with van der Waals surface area (Å²) < 4.78 is 14.1. The Morgan fingerprint density at radius 2 is 1.89 bits per heavy atom. The number of carbonyl (C=O) groups excluding carboxylic acids is 1. The van der Waals surface area contributed by atoms with Crippen molar-refractivity contribution in [2.24, 2.45) is 0 Å². The molecule has 2 nitrogen and oxygen atoms in total. The molecule has 0 spiro atoms. The SMILES string of the molecule is Cc1cc(Br)cc(NC(=O)c2cc(F)ccc2C)c1. The zero-order valence-corrected chi connectivity index (χ0v) is 12.2. The van der Waals surface area contributed by atoms with Gasteiger partial charge in [0, 0.05) is 15.7 Å². The monoisotopic (exact) mass is 321 g/mol. The molecule has 2 rings (SSSR count). The number of hydrogen-bond donors (Lipinski definition) is 1.